The molecule has 0 aliphatic carbocycles. The molecule has 0 aromatic carbocycles. The molecule has 3 nitrogen and oxygen atoms in total. The number of carbonyl (C=O) groups is 1. The Hall–Kier alpha value is -0.990. The van der Waals surface area contributed by atoms with Crippen LogP contribution < -0.4 is 5.32 Å². The van der Waals surface area contributed by atoms with Gasteiger partial charge in [0, 0.05) is 18.7 Å². The molecule has 0 bridgehead atoms. The maximum Gasteiger partial charge on any atom is 0.335 e. The quantitative estimate of drug-likeness (QED) is 0.408. The molecule has 2 aliphatic rings. The predicted molar refractivity (Wildman–Crippen MR) is 39.8 cm³/mol. The molecule has 0 unspecified atom stereocenters. The van der Waals surface area contributed by atoms with Crippen LogP contribution in [-0.2, 0) is 9.53 Å². The van der Waals surface area contributed by atoms with E-state index in [1.807, 2.05) is 0 Å². The van der Waals surface area contributed by atoms with E-state index in [-0.39, 0.29) is 5.97 Å². The molecule has 2 heterocycles. The van der Waals surface area contributed by atoms with Gasteiger partial charge in [-0.1, -0.05) is 0 Å². The van der Waals surface area contributed by atoms with E-state index < -0.39 is 0 Å². The highest BCUT2D eigenvalue weighted by atomic mass is 16.5. The van der Waals surface area contributed by atoms with E-state index in [0.29, 0.717) is 6.61 Å². The Morgan fingerprint density at radius 2 is 2.27 bits per heavy atom. The van der Waals surface area contributed by atoms with Gasteiger partial charge in [0.2, 0.25) is 0 Å². The second kappa shape index (κ2) is 2.57. The zero-order chi connectivity index (χ0) is 7.68. The Kier molecular flexibility index (Phi) is 1.56. The summed E-state index contributed by atoms with van der Waals surface area (Å²) in [4.78, 5) is 11.0. The summed E-state index contributed by atoms with van der Waals surface area (Å²) >= 11 is 0. The summed E-state index contributed by atoms with van der Waals surface area (Å²) in [6.45, 7) is 1.57. The Morgan fingerprint density at radius 3 is 2.82 bits per heavy atom. The fourth-order valence-electron chi connectivity index (χ4n) is 1.56. The summed E-state index contributed by atoms with van der Waals surface area (Å²) < 4.78 is 4.84. The van der Waals surface area contributed by atoms with Crippen LogP contribution in [0.15, 0.2) is 11.3 Å². The van der Waals surface area contributed by atoms with Gasteiger partial charge in [0.1, 0.15) is 0 Å². The molecule has 0 saturated carbocycles. The first-order valence-corrected chi connectivity index (χ1v) is 4.01. The first-order valence-electron chi connectivity index (χ1n) is 4.01. The lowest BCUT2D eigenvalue weighted by Crippen LogP contribution is -2.09. The molecule has 0 amide bonds. The number of rotatable bonds is 0. The Labute approximate surface area is 65.4 Å². The van der Waals surface area contributed by atoms with Gasteiger partial charge < -0.3 is 10.1 Å². The molecular formula is C8H11NO2. The molecule has 0 aromatic heterocycles. The lowest BCUT2D eigenvalue weighted by atomic mass is 10.1. The third-order valence-corrected chi connectivity index (χ3v) is 2.14. The van der Waals surface area contributed by atoms with Crippen LogP contribution in [-0.4, -0.2) is 19.1 Å². The molecular weight excluding hydrogens is 142 g/mol. The Balaban J connectivity index is 2.23. The molecule has 2 rings (SSSR count). The highest BCUT2D eigenvalue weighted by Gasteiger charge is 2.24. The van der Waals surface area contributed by atoms with Gasteiger partial charge in [-0.15, -0.1) is 0 Å². The highest BCUT2D eigenvalue weighted by molar-refractivity contribution is 5.91. The molecule has 3 heteroatoms. The normalized spacial score (nSPS) is 30.4. The molecule has 2 aliphatic heterocycles. The van der Waals surface area contributed by atoms with Gasteiger partial charge >= 0.3 is 5.97 Å². The molecule has 2 fully saturated rings. The van der Waals surface area contributed by atoms with Crippen LogP contribution in [0.3, 0.4) is 0 Å². The second-order valence-electron chi connectivity index (χ2n) is 2.87. The van der Waals surface area contributed by atoms with Crippen molar-refractivity contribution >= 4 is 5.97 Å². The number of esters is 1. The summed E-state index contributed by atoms with van der Waals surface area (Å²) in [5.41, 5.74) is 2.00. The van der Waals surface area contributed by atoms with E-state index in [9.17, 15) is 4.79 Å². The average Bonchev–Trinajstić information content (AvgIpc) is 2.55. The fraction of sp³-hybridized carbons (Fsp3) is 0.625. The first-order chi connectivity index (χ1) is 5.38. The molecule has 0 radical (unpaired) electrons. The number of nitrogens with one attached hydrogen (secondary N) is 1. The van der Waals surface area contributed by atoms with Gasteiger partial charge in [0.05, 0.1) is 12.2 Å². The zero-order valence-corrected chi connectivity index (χ0v) is 6.35. The van der Waals surface area contributed by atoms with E-state index in [2.05, 4.69) is 5.32 Å². The van der Waals surface area contributed by atoms with Crippen molar-refractivity contribution in [2.45, 2.75) is 19.3 Å². The number of ether oxygens (including phenoxy) is 1. The standard InChI is InChI=1S/C8H11NO2/c10-8-6(3-5-11-8)7-2-1-4-9-7/h9H,1-5H2/b7-6-. The molecule has 60 valence electrons. The molecule has 2 saturated heterocycles. The molecule has 1 N–H and O–H groups in total. The van der Waals surface area contributed by atoms with Crippen molar-refractivity contribution in [3.8, 4) is 0 Å². The SMILES string of the molecule is O=C1OCC/C1=C1\CCCN1. The van der Waals surface area contributed by atoms with Crippen molar-refractivity contribution in [3.63, 3.8) is 0 Å². The van der Waals surface area contributed by atoms with E-state index >= 15 is 0 Å². The monoisotopic (exact) mass is 153 g/mol. The molecule has 11 heavy (non-hydrogen) atoms. The number of allylic oxidation sites excluding steroid dienone is 1. The van der Waals surface area contributed by atoms with E-state index in [1.54, 1.807) is 0 Å². The fourth-order valence-corrected chi connectivity index (χ4v) is 1.56. The topological polar surface area (TPSA) is 38.3 Å². The lowest BCUT2D eigenvalue weighted by molar-refractivity contribution is -0.135. The Bertz CT molecular complexity index is 212. The predicted octanol–water partition coefficient (Wildman–Crippen LogP) is 0.571. The van der Waals surface area contributed by atoms with Crippen LogP contribution in [0, 0.1) is 0 Å². The summed E-state index contributed by atoms with van der Waals surface area (Å²) in [5, 5.41) is 3.21. The summed E-state index contributed by atoms with van der Waals surface area (Å²) in [7, 11) is 0. The van der Waals surface area contributed by atoms with Gasteiger partial charge in [-0.2, -0.15) is 0 Å². The van der Waals surface area contributed by atoms with Crippen molar-refractivity contribution in [2.24, 2.45) is 0 Å². The number of carbonyl (C=O) groups excluding carboxylic acids is 1. The van der Waals surface area contributed by atoms with E-state index in [1.165, 1.54) is 0 Å². The van der Waals surface area contributed by atoms with Crippen molar-refractivity contribution in [1.82, 2.24) is 5.32 Å². The smallest absolute Gasteiger partial charge is 0.335 e. The van der Waals surface area contributed by atoms with Gasteiger partial charge in [0.15, 0.2) is 0 Å². The Morgan fingerprint density at radius 1 is 1.36 bits per heavy atom. The van der Waals surface area contributed by atoms with Gasteiger partial charge in [-0.3, -0.25) is 0 Å². The van der Waals surface area contributed by atoms with E-state index in [0.717, 1.165) is 37.1 Å². The number of hydrogen-bond acceptors (Lipinski definition) is 3. The van der Waals surface area contributed by atoms with Crippen molar-refractivity contribution in [3.05, 3.63) is 11.3 Å². The number of cyclic esters (lactones) is 1. The van der Waals surface area contributed by atoms with Gasteiger partial charge in [0.25, 0.3) is 0 Å². The van der Waals surface area contributed by atoms with Crippen molar-refractivity contribution in [1.29, 1.82) is 0 Å². The summed E-state index contributed by atoms with van der Waals surface area (Å²) in [6.07, 6.45) is 2.96. The highest BCUT2D eigenvalue weighted by Crippen LogP contribution is 2.21. The third-order valence-electron chi connectivity index (χ3n) is 2.14. The van der Waals surface area contributed by atoms with Crippen LogP contribution in [0.25, 0.3) is 0 Å². The maximum atomic E-state index is 11.0. The zero-order valence-electron chi connectivity index (χ0n) is 6.35. The largest absolute Gasteiger partial charge is 0.462 e. The minimum atomic E-state index is -0.116. The van der Waals surface area contributed by atoms with E-state index in [4.69, 9.17) is 4.74 Å². The molecule has 0 aromatic rings. The van der Waals surface area contributed by atoms with Crippen LogP contribution >= 0.6 is 0 Å². The lowest BCUT2D eigenvalue weighted by Gasteiger charge is -1.99. The first kappa shape index (κ1) is 6.70. The number of hydrogen-bond donors (Lipinski definition) is 1. The van der Waals surface area contributed by atoms with Crippen molar-refractivity contribution in [2.75, 3.05) is 13.2 Å². The second-order valence-corrected chi connectivity index (χ2v) is 2.87. The van der Waals surface area contributed by atoms with Crippen LogP contribution in [0.2, 0.25) is 0 Å². The van der Waals surface area contributed by atoms with Gasteiger partial charge in [-0.05, 0) is 12.8 Å². The maximum absolute atomic E-state index is 11.0. The van der Waals surface area contributed by atoms with Crippen LogP contribution in [0.5, 0.6) is 0 Å². The van der Waals surface area contributed by atoms with Crippen LogP contribution in [0.1, 0.15) is 19.3 Å². The minimum Gasteiger partial charge on any atom is -0.462 e. The van der Waals surface area contributed by atoms with Crippen LogP contribution in [0.4, 0.5) is 0 Å². The summed E-state index contributed by atoms with van der Waals surface area (Å²) in [6, 6.07) is 0. The van der Waals surface area contributed by atoms with Crippen molar-refractivity contribution < 1.29 is 9.53 Å². The minimum absolute atomic E-state index is 0.116. The molecule has 0 atom stereocenters. The average molecular weight is 153 g/mol. The molecule has 0 spiro atoms. The third kappa shape index (κ3) is 1.11. The van der Waals surface area contributed by atoms with Gasteiger partial charge in [-0.25, -0.2) is 4.79 Å². The summed E-state index contributed by atoms with van der Waals surface area (Å²) in [5.74, 6) is -0.116.